The van der Waals surface area contributed by atoms with Gasteiger partial charge in [0.25, 0.3) is 0 Å². The van der Waals surface area contributed by atoms with Crippen LogP contribution in [-0.4, -0.2) is 12.7 Å². The molecule has 0 aromatic rings. The fraction of sp³-hybridized carbons (Fsp3) is 1.00. The van der Waals surface area contributed by atoms with Gasteiger partial charge in [-0.3, -0.25) is 0 Å². The predicted octanol–water partition coefficient (Wildman–Crippen LogP) is 1.08. The van der Waals surface area contributed by atoms with Crippen LogP contribution in [0.25, 0.3) is 0 Å². The lowest BCUT2D eigenvalue weighted by atomic mass is 10.1. The zero-order valence-electron chi connectivity index (χ0n) is 4.94. The maximum Gasteiger partial charge on any atom is 0.104 e. The average Bonchev–Trinajstić information content (AvgIpc) is 2.14. The fourth-order valence-electron chi connectivity index (χ4n) is 1.26. The SMILES string of the molecule is NC[C@H]1CCC[C@@H]1F. The summed E-state index contributed by atoms with van der Waals surface area (Å²) in [6.07, 6.45) is 2.17. The van der Waals surface area contributed by atoms with E-state index in [1.54, 1.807) is 0 Å². The third-order valence-corrected chi connectivity index (χ3v) is 1.87. The van der Waals surface area contributed by atoms with Gasteiger partial charge in [0.05, 0.1) is 0 Å². The summed E-state index contributed by atoms with van der Waals surface area (Å²) in [7, 11) is 0. The van der Waals surface area contributed by atoms with E-state index in [0.717, 1.165) is 19.3 Å². The van der Waals surface area contributed by atoms with Gasteiger partial charge < -0.3 is 5.73 Å². The van der Waals surface area contributed by atoms with E-state index in [1.807, 2.05) is 0 Å². The van der Waals surface area contributed by atoms with Gasteiger partial charge in [-0.05, 0) is 19.4 Å². The summed E-state index contributed by atoms with van der Waals surface area (Å²) in [6, 6.07) is 0. The molecule has 0 aliphatic heterocycles. The van der Waals surface area contributed by atoms with Crippen LogP contribution >= 0.6 is 0 Å². The first kappa shape index (κ1) is 6.02. The standard InChI is InChI=1S/C6H12FN/c7-6-3-1-2-5(6)4-8/h5-6H,1-4,8H2/t5-,6+/m1/s1. The normalized spacial score (nSPS) is 38.2. The van der Waals surface area contributed by atoms with E-state index in [2.05, 4.69) is 0 Å². The van der Waals surface area contributed by atoms with Gasteiger partial charge in [0.1, 0.15) is 6.17 Å². The van der Waals surface area contributed by atoms with Crippen molar-refractivity contribution in [1.82, 2.24) is 0 Å². The summed E-state index contributed by atoms with van der Waals surface area (Å²) in [6.45, 7) is 0.529. The number of hydrogen-bond donors (Lipinski definition) is 1. The Labute approximate surface area is 49.1 Å². The predicted molar refractivity (Wildman–Crippen MR) is 31.3 cm³/mol. The van der Waals surface area contributed by atoms with Crippen molar-refractivity contribution in [2.45, 2.75) is 25.4 Å². The molecule has 48 valence electrons. The number of rotatable bonds is 1. The third-order valence-electron chi connectivity index (χ3n) is 1.87. The van der Waals surface area contributed by atoms with Gasteiger partial charge in [-0.1, -0.05) is 6.42 Å². The second-order valence-electron chi connectivity index (χ2n) is 2.44. The molecule has 2 atom stereocenters. The van der Waals surface area contributed by atoms with Gasteiger partial charge in [-0.15, -0.1) is 0 Å². The molecule has 1 aliphatic carbocycles. The fourth-order valence-corrected chi connectivity index (χ4v) is 1.26. The van der Waals surface area contributed by atoms with Gasteiger partial charge in [-0.2, -0.15) is 0 Å². The van der Waals surface area contributed by atoms with Crippen molar-refractivity contribution < 1.29 is 4.39 Å². The van der Waals surface area contributed by atoms with E-state index in [-0.39, 0.29) is 5.92 Å². The molecule has 1 rings (SSSR count). The largest absolute Gasteiger partial charge is 0.330 e. The first-order valence-corrected chi connectivity index (χ1v) is 3.18. The van der Waals surface area contributed by atoms with E-state index in [4.69, 9.17) is 5.73 Å². The van der Waals surface area contributed by atoms with Crippen molar-refractivity contribution >= 4 is 0 Å². The number of halogens is 1. The molecule has 0 radical (unpaired) electrons. The molecule has 0 unspecified atom stereocenters. The molecule has 0 aromatic heterocycles. The lowest BCUT2D eigenvalue weighted by Gasteiger charge is -2.06. The second kappa shape index (κ2) is 2.44. The monoisotopic (exact) mass is 117 g/mol. The molecule has 1 aliphatic rings. The number of alkyl halides is 1. The maximum absolute atomic E-state index is 12.5. The Morgan fingerprint density at radius 1 is 1.50 bits per heavy atom. The van der Waals surface area contributed by atoms with Crippen molar-refractivity contribution in [2.75, 3.05) is 6.54 Å². The molecule has 2 N–H and O–H groups in total. The van der Waals surface area contributed by atoms with Crippen LogP contribution < -0.4 is 5.73 Å². The van der Waals surface area contributed by atoms with Crippen LogP contribution in [0.3, 0.4) is 0 Å². The minimum atomic E-state index is -0.597. The molecule has 0 spiro atoms. The second-order valence-corrected chi connectivity index (χ2v) is 2.44. The van der Waals surface area contributed by atoms with Crippen LogP contribution in [0.15, 0.2) is 0 Å². The highest BCUT2D eigenvalue weighted by atomic mass is 19.1. The molecule has 0 amide bonds. The quantitative estimate of drug-likeness (QED) is 0.546. The highest BCUT2D eigenvalue weighted by Crippen LogP contribution is 2.26. The molecule has 1 fully saturated rings. The lowest BCUT2D eigenvalue weighted by Crippen LogP contribution is -2.18. The van der Waals surface area contributed by atoms with Crippen LogP contribution in [0, 0.1) is 5.92 Å². The van der Waals surface area contributed by atoms with Gasteiger partial charge in [-0.25, -0.2) is 4.39 Å². The number of hydrogen-bond acceptors (Lipinski definition) is 1. The molecule has 1 nitrogen and oxygen atoms in total. The molecule has 2 heteroatoms. The van der Waals surface area contributed by atoms with Crippen LogP contribution in [0.4, 0.5) is 4.39 Å². The summed E-state index contributed by atoms with van der Waals surface area (Å²) >= 11 is 0. The molecular weight excluding hydrogens is 105 g/mol. The Balaban J connectivity index is 2.30. The van der Waals surface area contributed by atoms with Gasteiger partial charge >= 0.3 is 0 Å². The molecule has 8 heavy (non-hydrogen) atoms. The highest BCUT2D eigenvalue weighted by Gasteiger charge is 2.24. The summed E-state index contributed by atoms with van der Waals surface area (Å²) in [4.78, 5) is 0. The molecule has 0 saturated heterocycles. The Hall–Kier alpha value is -0.110. The zero-order chi connectivity index (χ0) is 5.98. The average molecular weight is 117 g/mol. The smallest absolute Gasteiger partial charge is 0.104 e. The Bertz CT molecular complexity index is 74.9. The molecule has 0 heterocycles. The summed E-state index contributed by atoms with van der Waals surface area (Å²) in [5.41, 5.74) is 5.28. The van der Waals surface area contributed by atoms with Crippen LogP contribution in [0.5, 0.6) is 0 Å². The first-order chi connectivity index (χ1) is 3.84. The molecule has 1 saturated carbocycles. The van der Waals surface area contributed by atoms with Crippen molar-refractivity contribution in [3.05, 3.63) is 0 Å². The van der Waals surface area contributed by atoms with E-state index in [1.165, 1.54) is 0 Å². The first-order valence-electron chi connectivity index (χ1n) is 3.18. The maximum atomic E-state index is 12.5. The minimum Gasteiger partial charge on any atom is -0.330 e. The van der Waals surface area contributed by atoms with Crippen LogP contribution in [0.2, 0.25) is 0 Å². The van der Waals surface area contributed by atoms with Crippen molar-refractivity contribution in [2.24, 2.45) is 11.7 Å². The molecule has 0 bridgehead atoms. The van der Waals surface area contributed by atoms with Crippen LogP contribution in [-0.2, 0) is 0 Å². The zero-order valence-corrected chi connectivity index (χ0v) is 4.94. The van der Waals surface area contributed by atoms with Gasteiger partial charge in [0.15, 0.2) is 0 Å². The molecule has 0 aromatic carbocycles. The van der Waals surface area contributed by atoms with Crippen molar-refractivity contribution in [1.29, 1.82) is 0 Å². The van der Waals surface area contributed by atoms with Crippen LogP contribution in [0.1, 0.15) is 19.3 Å². The third kappa shape index (κ3) is 0.996. The lowest BCUT2D eigenvalue weighted by molar-refractivity contribution is 0.268. The minimum absolute atomic E-state index is 0.176. The topological polar surface area (TPSA) is 26.0 Å². The summed E-state index contributed by atoms with van der Waals surface area (Å²) in [5.74, 6) is 0.176. The summed E-state index contributed by atoms with van der Waals surface area (Å²) < 4.78 is 12.5. The Morgan fingerprint density at radius 3 is 2.50 bits per heavy atom. The Morgan fingerprint density at radius 2 is 2.25 bits per heavy atom. The van der Waals surface area contributed by atoms with E-state index >= 15 is 0 Å². The van der Waals surface area contributed by atoms with E-state index in [9.17, 15) is 4.39 Å². The Kier molecular flexibility index (Phi) is 1.84. The highest BCUT2D eigenvalue weighted by molar-refractivity contribution is 4.76. The van der Waals surface area contributed by atoms with E-state index in [0.29, 0.717) is 6.54 Å². The number of nitrogens with two attached hydrogens (primary N) is 1. The summed E-state index contributed by atoms with van der Waals surface area (Å²) in [5, 5.41) is 0. The van der Waals surface area contributed by atoms with Gasteiger partial charge in [0, 0.05) is 5.92 Å². The van der Waals surface area contributed by atoms with E-state index < -0.39 is 6.17 Å². The van der Waals surface area contributed by atoms with Crippen molar-refractivity contribution in [3.8, 4) is 0 Å². The van der Waals surface area contributed by atoms with Gasteiger partial charge in [0.2, 0.25) is 0 Å². The molecular formula is C6H12FN. The van der Waals surface area contributed by atoms with Crippen molar-refractivity contribution in [3.63, 3.8) is 0 Å².